The van der Waals surface area contributed by atoms with Crippen LogP contribution in [0.4, 0.5) is 11.6 Å². The number of aromatic nitrogens is 2. The summed E-state index contributed by atoms with van der Waals surface area (Å²) in [5, 5.41) is 0. The zero-order valence-electron chi connectivity index (χ0n) is 14.8. The Kier molecular flexibility index (Phi) is 4.80. The van der Waals surface area contributed by atoms with Crippen LogP contribution >= 0.6 is 0 Å². The van der Waals surface area contributed by atoms with Crippen LogP contribution in [0.25, 0.3) is 0 Å². The van der Waals surface area contributed by atoms with Crippen LogP contribution in [0, 0.1) is 0 Å². The monoisotopic (exact) mass is 372 g/mol. The van der Waals surface area contributed by atoms with Crippen molar-refractivity contribution in [1.29, 1.82) is 0 Å². The summed E-state index contributed by atoms with van der Waals surface area (Å²) >= 11 is 0. The molecule has 0 spiro atoms. The Morgan fingerprint density at radius 3 is 2.31 bits per heavy atom. The average molecular weight is 372 g/mol. The fourth-order valence-electron chi connectivity index (χ4n) is 3.72. The fourth-order valence-corrected chi connectivity index (χ4v) is 4.80. The number of nitrogens with zero attached hydrogens (tertiary/aromatic N) is 3. The summed E-state index contributed by atoms with van der Waals surface area (Å²) in [5.74, 6) is 0.668. The smallest absolute Gasteiger partial charge is 0.262 e. The predicted octanol–water partition coefficient (Wildman–Crippen LogP) is 3.15. The molecule has 1 aliphatic heterocycles. The number of fused-ring (bicyclic) bond motifs is 1. The van der Waals surface area contributed by atoms with Gasteiger partial charge in [0.25, 0.3) is 10.0 Å². The van der Waals surface area contributed by atoms with Gasteiger partial charge in [0.15, 0.2) is 0 Å². The number of hydrogen-bond acceptors (Lipinski definition) is 5. The molecule has 0 atom stereocenters. The lowest BCUT2D eigenvalue weighted by Crippen LogP contribution is -2.30. The molecule has 0 unspecified atom stereocenters. The Labute approximate surface area is 154 Å². The number of piperidine rings is 1. The van der Waals surface area contributed by atoms with Crippen molar-refractivity contribution in [3.63, 3.8) is 0 Å². The lowest BCUT2D eigenvalue weighted by atomic mass is 9.92. The maximum Gasteiger partial charge on any atom is 0.262 e. The van der Waals surface area contributed by atoms with Gasteiger partial charge in [-0.25, -0.2) is 18.4 Å². The lowest BCUT2D eigenvalue weighted by Gasteiger charge is -2.26. The van der Waals surface area contributed by atoms with Crippen molar-refractivity contribution < 1.29 is 8.42 Å². The highest BCUT2D eigenvalue weighted by Crippen LogP contribution is 2.25. The number of benzene rings is 1. The minimum absolute atomic E-state index is 0.304. The van der Waals surface area contributed by atoms with Crippen LogP contribution in [-0.2, 0) is 22.9 Å². The van der Waals surface area contributed by atoms with E-state index < -0.39 is 10.0 Å². The van der Waals surface area contributed by atoms with Gasteiger partial charge in [-0.2, -0.15) is 0 Å². The molecule has 1 fully saturated rings. The van der Waals surface area contributed by atoms with Crippen LogP contribution in [0.5, 0.6) is 0 Å². The van der Waals surface area contributed by atoms with Gasteiger partial charge in [-0.1, -0.05) is 6.07 Å². The van der Waals surface area contributed by atoms with Crippen LogP contribution in [-0.4, -0.2) is 31.5 Å². The third-order valence-electron chi connectivity index (χ3n) is 5.16. The molecule has 0 radical (unpaired) electrons. The molecular formula is C19H24N4O2S. The van der Waals surface area contributed by atoms with Gasteiger partial charge in [-0.05, 0) is 68.2 Å². The van der Waals surface area contributed by atoms with E-state index in [4.69, 9.17) is 0 Å². The largest absolute Gasteiger partial charge is 0.341 e. The Bertz CT molecular complexity index is 875. The first-order valence-corrected chi connectivity index (χ1v) is 10.8. The van der Waals surface area contributed by atoms with E-state index in [2.05, 4.69) is 19.6 Å². The van der Waals surface area contributed by atoms with E-state index in [1.54, 1.807) is 24.5 Å². The molecule has 1 aromatic heterocycles. The second-order valence-electron chi connectivity index (χ2n) is 7.06. The topological polar surface area (TPSA) is 75.2 Å². The summed E-state index contributed by atoms with van der Waals surface area (Å²) in [6.07, 6.45) is 10.9. The fraction of sp³-hybridized carbons (Fsp3) is 0.474. The van der Waals surface area contributed by atoms with Crippen LogP contribution in [0.1, 0.15) is 43.2 Å². The Morgan fingerprint density at radius 2 is 1.58 bits per heavy atom. The Balaban J connectivity index is 1.50. The minimum atomic E-state index is -3.63. The quantitative estimate of drug-likeness (QED) is 0.892. The number of anilines is 2. The Hall–Kier alpha value is -2.15. The van der Waals surface area contributed by atoms with Gasteiger partial charge in [0.1, 0.15) is 0 Å². The van der Waals surface area contributed by atoms with Gasteiger partial charge in [-0.15, -0.1) is 0 Å². The highest BCUT2D eigenvalue weighted by atomic mass is 32.2. The van der Waals surface area contributed by atoms with Gasteiger partial charge in [-0.3, -0.25) is 4.72 Å². The highest BCUT2D eigenvalue weighted by molar-refractivity contribution is 7.92. The van der Waals surface area contributed by atoms with Crippen molar-refractivity contribution >= 4 is 21.7 Å². The average Bonchev–Trinajstić information content (AvgIpc) is 2.68. The van der Waals surface area contributed by atoms with E-state index in [9.17, 15) is 8.42 Å². The summed E-state index contributed by atoms with van der Waals surface area (Å²) < 4.78 is 28.0. The van der Waals surface area contributed by atoms with Gasteiger partial charge in [0, 0.05) is 13.1 Å². The van der Waals surface area contributed by atoms with Crippen LogP contribution in [0.15, 0.2) is 35.5 Å². The number of nitrogens with one attached hydrogen (secondary N) is 1. The Morgan fingerprint density at radius 1 is 0.885 bits per heavy atom. The van der Waals surface area contributed by atoms with Gasteiger partial charge < -0.3 is 4.90 Å². The van der Waals surface area contributed by atoms with Gasteiger partial charge >= 0.3 is 0 Å². The molecule has 1 aliphatic carbocycles. The summed E-state index contributed by atoms with van der Waals surface area (Å²) in [6, 6.07) is 5.44. The van der Waals surface area contributed by atoms with E-state index in [0.29, 0.717) is 16.5 Å². The number of hydrogen-bond donors (Lipinski definition) is 1. The zero-order valence-corrected chi connectivity index (χ0v) is 15.6. The molecule has 0 bridgehead atoms. The summed E-state index contributed by atoms with van der Waals surface area (Å²) in [5.41, 5.74) is 2.81. The van der Waals surface area contributed by atoms with E-state index in [-0.39, 0.29) is 0 Å². The third kappa shape index (κ3) is 3.67. The van der Waals surface area contributed by atoms with Gasteiger partial charge in [0.05, 0.1) is 23.0 Å². The molecule has 7 heteroatoms. The first-order chi connectivity index (χ1) is 12.6. The second kappa shape index (κ2) is 7.23. The molecule has 26 heavy (non-hydrogen) atoms. The van der Waals surface area contributed by atoms with Crippen molar-refractivity contribution in [2.24, 2.45) is 0 Å². The molecule has 138 valence electrons. The zero-order chi connectivity index (χ0) is 18.0. The van der Waals surface area contributed by atoms with E-state index in [0.717, 1.165) is 50.8 Å². The van der Waals surface area contributed by atoms with E-state index in [1.807, 2.05) is 6.07 Å². The second-order valence-corrected chi connectivity index (χ2v) is 8.74. The third-order valence-corrected chi connectivity index (χ3v) is 6.54. The molecular weight excluding hydrogens is 348 g/mol. The molecule has 0 saturated carbocycles. The van der Waals surface area contributed by atoms with Gasteiger partial charge in [0.2, 0.25) is 5.95 Å². The molecule has 1 N–H and O–H groups in total. The standard InChI is InChI=1S/C19H24N4O2S/c24-26(25,18-9-8-15-6-2-3-7-16(15)12-18)22-17-13-20-19(21-14-17)23-10-4-1-5-11-23/h8-9,12-14,22H,1-7,10-11H2. The normalized spacial score (nSPS) is 17.6. The SMILES string of the molecule is O=S(=O)(Nc1cnc(N2CCCCC2)nc1)c1ccc2c(c1)CCCC2. The molecule has 0 amide bonds. The van der Waals surface area contributed by atoms with Crippen molar-refractivity contribution in [1.82, 2.24) is 9.97 Å². The number of rotatable bonds is 4. The van der Waals surface area contributed by atoms with Crippen LogP contribution in [0.3, 0.4) is 0 Å². The maximum atomic E-state index is 12.7. The van der Waals surface area contributed by atoms with Crippen LogP contribution < -0.4 is 9.62 Å². The lowest BCUT2D eigenvalue weighted by molar-refractivity contribution is 0.568. The van der Waals surface area contributed by atoms with Crippen molar-refractivity contribution in [2.45, 2.75) is 49.8 Å². The number of aryl methyl sites for hydroxylation is 2. The van der Waals surface area contributed by atoms with E-state index >= 15 is 0 Å². The summed E-state index contributed by atoms with van der Waals surface area (Å²) in [4.78, 5) is 11.1. The number of sulfonamides is 1. The maximum absolute atomic E-state index is 12.7. The summed E-state index contributed by atoms with van der Waals surface area (Å²) in [7, 11) is -3.63. The first kappa shape index (κ1) is 17.3. The molecule has 2 heterocycles. The molecule has 2 aromatic rings. The molecule has 1 saturated heterocycles. The molecule has 2 aliphatic rings. The molecule has 6 nitrogen and oxygen atoms in total. The minimum Gasteiger partial charge on any atom is -0.341 e. The molecule has 1 aromatic carbocycles. The van der Waals surface area contributed by atoms with Crippen molar-refractivity contribution in [2.75, 3.05) is 22.7 Å². The molecule has 4 rings (SSSR count). The van der Waals surface area contributed by atoms with Crippen molar-refractivity contribution in [3.8, 4) is 0 Å². The van der Waals surface area contributed by atoms with Crippen LogP contribution in [0.2, 0.25) is 0 Å². The van der Waals surface area contributed by atoms with Crippen molar-refractivity contribution in [3.05, 3.63) is 41.7 Å². The predicted molar refractivity (Wildman–Crippen MR) is 102 cm³/mol. The highest BCUT2D eigenvalue weighted by Gasteiger charge is 2.19. The van der Waals surface area contributed by atoms with E-state index in [1.165, 1.54) is 18.4 Å². The summed E-state index contributed by atoms with van der Waals surface area (Å²) in [6.45, 7) is 1.92. The first-order valence-electron chi connectivity index (χ1n) is 9.33.